The van der Waals surface area contributed by atoms with E-state index < -0.39 is 0 Å². The third kappa shape index (κ3) is 2.55. The van der Waals surface area contributed by atoms with E-state index in [1.807, 2.05) is 54.6 Å². The molecule has 1 amide bonds. The Bertz CT molecular complexity index is 873. The maximum Gasteiger partial charge on any atom is 0.228 e. The summed E-state index contributed by atoms with van der Waals surface area (Å²) in [7, 11) is 0. The van der Waals surface area contributed by atoms with Crippen LogP contribution in [0.4, 0.5) is 11.4 Å². The number of hydrogen-bond donors (Lipinski definition) is 2. The first-order valence-electron chi connectivity index (χ1n) is 7.87. The van der Waals surface area contributed by atoms with Crippen LogP contribution in [-0.4, -0.2) is 5.91 Å². The molecule has 1 fully saturated rings. The molecule has 3 heteroatoms. The number of hydrogen-bond acceptors (Lipinski definition) is 2. The summed E-state index contributed by atoms with van der Waals surface area (Å²) in [6, 6.07) is 21.8. The van der Waals surface area contributed by atoms with Gasteiger partial charge in [-0.2, -0.15) is 0 Å². The van der Waals surface area contributed by atoms with E-state index in [4.69, 9.17) is 5.73 Å². The quantitative estimate of drug-likeness (QED) is 0.714. The Morgan fingerprint density at radius 1 is 0.913 bits per heavy atom. The van der Waals surface area contributed by atoms with Gasteiger partial charge in [0, 0.05) is 28.1 Å². The number of rotatable bonds is 3. The van der Waals surface area contributed by atoms with E-state index in [2.05, 4.69) is 17.4 Å². The standard InChI is InChI=1S/C20H18N2O/c21-18-10-4-9-15-14(18)8-5-11-19(15)22-20(23)17-12-16(17)13-6-2-1-3-7-13/h1-11,16-17H,12,21H2,(H,22,23)/t16-,17-/m0/s1. The minimum absolute atomic E-state index is 0.0636. The van der Waals surface area contributed by atoms with Gasteiger partial charge in [-0.25, -0.2) is 0 Å². The van der Waals surface area contributed by atoms with Crippen LogP contribution in [0.1, 0.15) is 17.9 Å². The molecular formula is C20H18N2O. The highest BCUT2D eigenvalue weighted by Crippen LogP contribution is 2.48. The molecule has 0 radical (unpaired) electrons. The molecule has 0 spiro atoms. The Kier molecular flexibility index (Phi) is 3.27. The SMILES string of the molecule is Nc1cccc2c(NC(=O)[C@H]3C[C@H]3c3ccccc3)cccc12. The lowest BCUT2D eigenvalue weighted by Crippen LogP contribution is -2.14. The molecule has 0 aliphatic heterocycles. The van der Waals surface area contributed by atoms with Crippen molar-refractivity contribution in [2.75, 3.05) is 11.1 Å². The van der Waals surface area contributed by atoms with Crippen molar-refractivity contribution < 1.29 is 4.79 Å². The summed E-state index contributed by atoms with van der Waals surface area (Å²) in [5.41, 5.74) is 8.82. The number of benzene rings is 3. The number of carbonyl (C=O) groups is 1. The van der Waals surface area contributed by atoms with Gasteiger partial charge in [0.15, 0.2) is 0 Å². The molecule has 1 aliphatic carbocycles. The van der Waals surface area contributed by atoms with Crippen LogP contribution in [0.2, 0.25) is 0 Å². The molecule has 2 atom stereocenters. The van der Waals surface area contributed by atoms with E-state index in [-0.39, 0.29) is 11.8 Å². The third-order valence-corrected chi connectivity index (χ3v) is 4.57. The topological polar surface area (TPSA) is 55.1 Å². The Labute approximate surface area is 135 Å². The molecule has 3 aromatic rings. The van der Waals surface area contributed by atoms with Gasteiger partial charge in [0.05, 0.1) is 0 Å². The first-order valence-corrected chi connectivity index (χ1v) is 7.87. The zero-order valence-corrected chi connectivity index (χ0v) is 12.7. The first kappa shape index (κ1) is 13.8. The summed E-state index contributed by atoms with van der Waals surface area (Å²) in [6.07, 6.45) is 0.919. The van der Waals surface area contributed by atoms with Crippen molar-refractivity contribution in [2.24, 2.45) is 5.92 Å². The van der Waals surface area contributed by atoms with Gasteiger partial charge in [-0.05, 0) is 30.0 Å². The van der Waals surface area contributed by atoms with Crippen LogP contribution >= 0.6 is 0 Å². The minimum Gasteiger partial charge on any atom is -0.398 e. The molecule has 23 heavy (non-hydrogen) atoms. The molecule has 3 aromatic carbocycles. The maximum absolute atomic E-state index is 12.5. The molecule has 1 aliphatic rings. The smallest absolute Gasteiger partial charge is 0.228 e. The largest absolute Gasteiger partial charge is 0.398 e. The number of nitrogens with one attached hydrogen (secondary N) is 1. The summed E-state index contributed by atoms with van der Waals surface area (Å²) < 4.78 is 0. The lowest BCUT2D eigenvalue weighted by atomic mass is 10.1. The number of carbonyl (C=O) groups excluding carboxylic acids is 1. The van der Waals surface area contributed by atoms with Gasteiger partial charge < -0.3 is 11.1 Å². The fraction of sp³-hybridized carbons (Fsp3) is 0.150. The Balaban J connectivity index is 1.56. The van der Waals surface area contributed by atoms with E-state index in [9.17, 15) is 4.79 Å². The van der Waals surface area contributed by atoms with E-state index in [1.165, 1.54) is 5.56 Å². The van der Waals surface area contributed by atoms with Crippen LogP contribution in [-0.2, 0) is 4.79 Å². The average Bonchev–Trinajstić information content (AvgIpc) is 3.37. The van der Waals surface area contributed by atoms with Gasteiger partial charge in [0.1, 0.15) is 0 Å². The number of nitrogen functional groups attached to an aromatic ring is 1. The Morgan fingerprint density at radius 3 is 2.48 bits per heavy atom. The first-order chi connectivity index (χ1) is 11.2. The molecule has 0 saturated heterocycles. The highest BCUT2D eigenvalue weighted by molar-refractivity contribution is 6.06. The average molecular weight is 302 g/mol. The van der Waals surface area contributed by atoms with Crippen molar-refractivity contribution in [2.45, 2.75) is 12.3 Å². The second-order valence-electron chi connectivity index (χ2n) is 6.10. The normalized spacial score (nSPS) is 19.5. The zero-order chi connectivity index (χ0) is 15.8. The van der Waals surface area contributed by atoms with Gasteiger partial charge in [-0.15, -0.1) is 0 Å². The van der Waals surface area contributed by atoms with Gasteiger partial charge in [0.2, 0.25) is 5.91 Å². The molecule has 114 valence electrons. The maximum atomic E-state index is 12.5. The third-order valence-electron chi connectivity index (χ3n) is 4.57. The van der Waals surface area contributed by atoms with Crippen LogP contribution in [0.3, 0.4) is 0 Å². The second kappa shape index (κ2) is 5.43. The molecule has 0 heterocycles. The fourth-order valence-electron chi connectivity index (χ4n) is 3.22. The van der Waals surface area contributed by atoms with E-state index in [0.29, 0.717) is 5.92 Å². The van der Waals surface area contributed by atoms with Crippen molar-refractivity contribution in [1.82, 2.24) is 0 Å². The van der Waals surface area contributed by atoms with E-state index >= 15 is 0 Å². The van der Waals surface area contributed by atoms with Crippen molar-refractivity contribution in [3.05, 3.63) is 72.3 Å². The highest BCUT2D eigenvalue weighted by Gasteiger charge is 2.43. The predicted octanol–water partition coefficient (Wildman–Crippen LogP) is 4.16. The molecule has 0 bridgehead atoms. The predicted molar refractivity (Wildman–Crippen MR) is 94.3 cm³/mol. The number of fused-ring (bicyclic) bond motifs is 1. The monoisotopic (exact) mass is 302 g/mol. The van der Waals surface area contributed by atoms with Crippen LogP contribution in [0.15, 0.2) is 66.7 Å². The molecular weight excluding hydrogens is 284 g/mol. The Hall–Kier alpha value is -2.81. The second-order valence-corrected chi connectivity index (χ2v) is 6.10. The lowest BCUT2D eigenvalue weighted by Gasteiger charge is -2.10. The summed E-state index contributed by atoms with van der Waals surface area (Å²) in [6.45, 7) is 0. The number of anilines is 2. The van der Waals surface area contributed by atoms with Crippen molar-refractivity contribution in [1.29, 1.82) is 0 Å². The van der Waals surface area contributed by atoms with Crippen molar-refractivity contribution in [3.63, 3.8) is 0 Å². The molecule has 0 aromatic heterocycles. The van der Waals surface area contributed by atoms with Gasteiger partial charge in [0.25, 0.3) is 0 Å². The number of amides is 1. The van der Waals surface area contributed by atoms with E-state index in [1.54, 1.807) is 0 Å². The summed E-state index contributed by atoms with van der Waals surface area (Å²) in [5.74, 6) is 0.499. The fourth-order valence-corrected chi connectivity index (χ4v) is 3.22. The molecule has 0 unspecified atom stereocenters. The molecule has 1 saturated carbocycles. The molecule has 4 rings (SSSR count). The van der Waals surface area contributed by atoms with E-state index in [0.717, 1.165) is 28.6 Å². The lowest BCUT2D eigenvalue weighted by molar-refractivity contribution is -0.117. The van der Waals surface area contributed by atoms with Crippen molar-refractivity contribution >= 4 is 28.1 Å². The zero-order valence-electron chi connectivity index (χ0n) is 12.7. The minimum atomic E-state index is 0.0636. The highest BCUT2D eigenvalue weighted by atomic mass is 16.2. The molecule has 3 N–H and O–H groups in total. The van der Waals surface area contributed by atoms with Crippen molar-refractivity contribution in [3.8, 4) is 0 Å². The summed E-state index contributed by atoms with van der Waals surface area (Å²) in [5, 5.41) is 5.04. The van der Waals surface area contributed by atoms with Crippen LogP contribution < -0.4 is 11.1 Å². The van der Waals surface area contributed by atoms with Gasteiger partial charge in [-0.1, -0.05) is 54.6 Å². The van der Waals surface area contributed by atoms with Crippen LogP contribution in [0.25, 0.3) is 10.8 Å². The number of nitrogens with two attached hydrogens (primary N) is 1. The summed E-state index contributed by atoms with van der Waals surface area (Å²) in [4.78, 5) is 12.5. The molecule has 3 nitrogen and oxygen atoms in total. The van der Waals surface area contributed by atoms with Gasteiger partial charge in [-0.3, -0.25) is 4.79 Å². The van der Waals surface area contributed by atoms with Gasteiger partial charge >= 0.3 is 0 Å². The van der Waals surface area contributed by atoms with Crippen LogP contribution in [0, 0.1) is 5.92 Å². The Morgan fingerprint density at radius 2 is 1.65 bits per heavy atom. The van der Waals surface area contributed by atoms with Crippen LogP contribution in [0.5, 0.6) is 0 Å². The summed E-state index contributed by atoms with van der Waals surface area (Å²) >= 11 is 0.